The molecule has 5 heteroatoms. The van der Waals surface area contributed by atoms with Crippen LogP contribution in [0, 0.1) is 0 Å². The van der Waals surface area contributed by atoms with Gasteiger partial charge in [0.1, 0.15) is 11.5 Å². The molecule has 0 fully saturated rings. The highest BCUT2D eigenvalue weighted by Gasteiger charge is 2.14. The Morgan fingerprint density at radius 3 is 2.74 bits per heavy atom. The summed E-state index contributed by atoms with van der Waals surface area (Å²) in [6, 6.07) is 5.02. The van der Waals surface area contributed by atoms with Crippen LogP contribution >= 0.6 is 0 Å². The number of carbonyl (C=O) groups excluding carboxylic acids is 1. The zero-order valence-corrected chi connectivity index (χ0v) is 11.5. The van der Waals surface area contributed by atoms with Crippen LogP contribution in [0.2, 0.25) is 0 Å². The van der Waals surface area contributed by atoms with E-state index in [4.69, 9.17) is 9.47 Å². The quantitative estimate of drug-likeness (QED) is 0.775. The van der Waals surface area contributed by atoms with Gasteiger partial charge in [-0.15, -0.1) is 6.58 Å². The van der Waals surface area contributed by atoms with Crippen molar-refractivity contribution in [1.82, 2.24) is 10.6 Å². The van der Waals surface area contributed by atoms with Gasteiger partial charge in [-0.05, 0) is 25.1 Å². The Kier molecular flexibility index (Phi) is 5.73. The van der Waals surface area contributed by atoms with Crippen LogP contribution in [0.4, 0.5) is 4.79 Å². The van der Waals surface area contributed by atoms with Crippen molar-refractivity contribution in [3.05, 3.63) is 36.4 Å². The molecule has 1 rings (SSSR count). The van der Waals surface area contributed by atoms with Gasteiger partial charge in [0.15, 0.2) is 0 Å². The van der Waals surface area contributed by atoms with E-state index in [1.807, 2.05) is 25.1 Å². The molecule has 0 aliphatic heterocycles. The first-order chi connectivity index (χ1) is 9.12. The van der Waals surface area contributed by atoms with Gasteiger partial charge in [-0.1, -0.05) is 6.08 Å². The van der Waals surface area contributed by atoms with E-state index in [0.29, 0.717) is 12.3 Å². The molecule has 1 atom stereocenters. The summed E-state index contributed by atoms with van der Waals surface area (Å²) in [7, 11) is 3.19. The molecule has 0 radical (unpaired) electrons. The monoisotopic (exact) mass is 264 g/mol. The number of ether oxygens (including phenoxy) is 2. The van der Waals surface area contributed by atoms with Crippen molar-refractivity contribution in [2.45, 2.75) is 13.0 Å². The molecule has 0 saturated heterocycles. The second-order valence-electron chi connectivity index (χ2n) is 3.97. The molecular formula is C14H20N2O3. The number of rotatable bonds is 6. The van der Waals surface area contributed by atoms with Gasteiger partial charge < -0.3 is 20.1 Å². The lowest BCUT2D eigenvalue weighted by molar-refractivity contribution is 0.238. The summed E-state index contributed by atoms with van der Waals surface area (Å²) in [5.41, 5.74) is 0.857. The van der Waals surface area contributed by atoms with E-state index >= 15 is 0 Å². The van der Waals surface area contributed by atoms with E-state index in [1.54, 1.807) is 20.3 Å². The molecule has 1 aromatic carbocycles. The Hall–Kier alpha value is -2.17. The van der Waals surface area contributed by atoms with Gasteiger partial charge in [-0.2, -0.15) is 0 Å². The number of benzene rings is 1. The van der Waals surface area contributed by atoms with Crippen LogP contribution in [-0.2, 0) is 0 Å². The van der Waals surface area contributed by atoms with Gasteiger partial charge >= 0.3 is 6.03 Å². The maximum Gasteiger partial charge on any atom is 0.315 e. The Bertz CT molecular complexity index is 446. The minimum absolute atomic E-state index is 0.199. The number of urea groups is 1. The molecule has 1 aromatic rings. The SMILES string of the molecule is C=CCNC(=O)N[C@H](C)c1cc(OC)ccc1OC. The second kappa shape index (κ2) is 7.31. The standard InChI is InChI=1S/C14H20N2O3/c1-5-8-15-14(17)16-10(2)12-9-11(18-3)6-7-13(12)19-4/h5-7,9-10H,1,8H2,2-4H3,(H2,15,16,17)/t10-/m1/s1. The maximum absolute atomic E-state index is 11.6. The van der Waals surface area contributed by atoms with Crippen LogP contribution in [0.5, 0.6) is 11.5 Å². The average Bonchev–Trinajstić information content (AvgIpc) is 2.44. The van der Waals surface area contributed by atoms with Crippen LogP contribution in [-0.4, -0.2) is 26.8 Å². The predicted molar refractivity (Wildman–Crippen MR) is 74.7 cm³/mol. The number of hydrogen-bond donors (Lipinski definition) is 2. The first kappa shape index (κ1) is 14.9. The zero-order valence-electron chi connectivity index (χ0n) is 11.5. The summed E-state index contributed by atoms with van der Waals surface area (Å²) in [5, 5.41) is 5.48. The fraction of sp³-hybridized carbons (Fsp3) is 0.357. The van der Waals surface area contributed by atoms with E-state index in [1.165, 1.54) is 0 Å². The highest BCUT2D eigenvalue weighted by Crippen LogP contribution is 2.29. The smallest absolute Gasteiger partial charge is 0.315 e. The fourth-order valence-corrected chi connectivity index (χ4v) is 1.67. The zero-order chi connectivity index (χ0) is 14.3. The van der Waals surface area contributed by atoms with Gasteiger partial charge in [-0.25, -0.2) is 4.79 Å². The number of nitrogens with one attached hydrogen (secondary N) is 2. The predicted octanol–water partition coefficient (Wildman–Crippen LogP) is 2.25. The number of hydrogen-bond acceptors (Lipinski definition) is 3. The van der Waals surface area contributed by atoms with Crippen LogP contribution in [0.25, 0.3) is 0 Å². The van der Waals surface area contributed by atoms with Crippen molar-refractivity contribution >= 4 is 6.03 Å². The second-order valence-corrected chi connectivity index (χ2v) is 3.97. The third kappa shape index (κ3) is 4.21. The summed E-state index contributed by atoms with van der Waals surface area (Å²) in [6.45, 7) is 5.85. The highest BCUT2D eigenvalue weighted by molar-refractivity contribution is 5.74. The van der Waals surface area contributed by atoms with Gasteiger partial charge in [0.2, 0.25) is 0 Å². The molecule has 0 aliphatic rings. The van der Waals surface area contributed by atoms with Gasteiger partial charge in [0, 0.05) is 12.1 Å². The summed E-state index contributed by atoms with van der Waals surface area (Å²) in [5.74, 6) is 1.42. The van der Waals surface area contributed by atoms with Crippen LogP contribution in [0.3, 0.4) is 0 Å². The van der Waals surface area contributed by atoms with Crippen molar-refractivity contribution in [3.8, 4) is 11.5 Å². The Labute approximate surface area is 113 Å². The molecule has 5 nitrogen and oxygen atoms in total. The van der Waals surface area contributed by atoms with Crippen molar-refractivity contribution in [1.29, 1.82) is 0 Å². The molecule has 0 spiro atoms. The Morgan fingerprint density at radius 2 is 2.16 bits per heavy atom. The molecule has 19 heavy (non-hydrogen) atoms. The average molecular weight is 264 g/mol. The lowest BCUT2D eigenvalue weighted by atomic mass is 10.1. The minimum Gasteiger partial charge on any atom is -0.497 e. The van der Waals surface area contributed by atoms with Gasteiger partial charge in [0.25, 0.3) is 0 Å². The first-order valence-corrected chi connectivity index (χ1v) is 5.99. The van der Waals surface area contributed by atoms with E-state index in [-0.39, 0.29) is 12.1 Å². The molecule has 2 amide bonds. The lowest BCUT2D eigenvalue weighted by Gasteiger charge is -2.18. The van der Waals surface area contributed by atoms with Crippen LogP contribution < -0.4 is 20.1 Å². The van der Waals surface area contributed by atoms with E-state index in [2.05, 4.69) is 17.2 Å². The third-order valence-electron chi connectivity index (χ3n) is 2.66. The number of methoxy groups -OCH3 is 2. The largest absolute Gasteiger partial charge is 0.497 e. The highest BCUT2D eigenvalue weighted by atomic mass is 16.5. The summed E-state index contributed by atoms with van der Waals surface area (Å²) in [6.07, 6.45) is 1.62. The van der Waals surface area contributed by atoms with Crippen molar-refractivity contribution in [2.75, 3.05) is 20.8 Å². The normalized spacial score (nSPS) is 11.3. The van der Waals surface area contributed by atoms with Gasteiger partial charge in [0.05, 0.1) is 20.3 Å². The van der Waals surface area contributed by atoms with Crippen LogP contribution in [0.15, 0.2) is 30.9 Å². The summed E-state index contributed by atoms with van der Waals surface area (Å²) >= 11 is 0. The molecule has 0 unspecified atom stereocenters. The van der Waals surface area contributed by atoms with Crippen LogP contribution in [0.1, 0.15) is 18.5 Å². The molecule has 104 valence electrons. The van der Waals surface area contributed by atoms with Crippen molar-refractivity contribution in [2.24, 2.45) is 0 Å². The molecule has 0 saturated carbocycles. The third-order valence-corrected chi connectivity index (χ3v) is 2.66. The number of carbonyl (C=O) groups is 1. The number of amides is 2. The first-order valence-electron chi connectivity index (χ1n) is 5.99. The van der Waals surface area contributed by atoms with E-state index in [9.17, 15) is 4.79 Å². The molecule has 2 N–H and O–H groups in total. The Balaban J connectivity index is 2.82. The molecular weight excluding hydrogens is 244 g/mol. The maximum atomic E-state index is 11.6. The Morgan fingerprint density at radius 1 is 1.42 bits per heavy atom. The van der Waals surface area contributed by atoms with E-state index < -0.39 is 0 Å². The topological polar surface area (TPSA) is 59.6 Å². The van der Waals surface area contributed by atoms with Gasteiger partial charge in [-0.3, -0.25) is 0 Å². The van der Waals surface area contributed by atoms with Crippen molar-refractivity contribution < 1.29 is 14.3 Å². The lowest BCUT2D eigenvalue weighted by Crippen LogP contribution is -2.37. The fourth-order valence-electron chi connectivity index (χ4n) is 1.67. The van der Waals surface area contributed by atoms with Crippen molar-refractivity contribution in [3.63, 3.8) is 0 Å². The van der Waals surface area contributed by atoms with E-state index in [0.717, 1.165) is 11.3 Å². The molecule has 0 aromatic heterocycles. The minimum atomic E-state index is -0.253. The summed E-state index contributed by atoms with van der Waals surface area (Å²) in [4.78, 5) is 11.6. The molecule has 0 heterocycles. The molecule has 0 bridgehead atoms. The molecule has 0 aliphatic carbocycles. The summed E-state index contributed by atoms with van der Waals surface area (Å²) < 4.78 is 10.5.